The second-order valence-corrected chi connectivity index (χ2v) is 2.94. The Labute approximate surface area is 74.0 Å². The van der Waals surface area contributed by atoms with Crippen molar-refractivity contribution in [2.45, 2.75) is 32.2 Å². The van der Waals surface area contributed by atoms with Crippen molar-refractivity contribution >= 4 is 5.91 Å². The Hall–Kier alpha value is -0.830. The normalized spacial score (nSPS) is 12.4. The molecule has 12 heavy (non-hydrogen) atoms. The predicted molar refractivity (Wildman–Crippen MR) is 50.7 cm³/mol. The molecule has 0 aliphatic rings. The van der Waals surface area contributed by atoms with Crippen LogP contribution < -0.4 is 11.1 Å². The van der Waals surface area contributed by atoms with E-state index in [4.69, 9.17) is 5.73 Å². The summed E-state index contributed by atoms with van der Waals surface area (Å²) >= 11 is 0. The number of rotatable bonds is 7. The first-order valence-corrected chi connectivity index (χ1v) is 4.29. The van der Waals surface area contributed by atoms with Crippen LogP contribution in [0.1, 0.15) is 26.2 Å². The van der Waals surface area contributed by atoms with Crippen LogP contribution in [0.4, 0.5) is 0 Å². The minimum absolute atomic E-state index is 0.251. The van der Waals surface area contributed by atoms with Crippen LogP contribution >= 0.6 is 0 Å². The molecule has 1 amide bonds. The summed E-state index contributed by atoms with van der Waals surface area (Å²) in [4.78, 5) is 10.4. The molecule has 3 heteroatoms. The Kier molecular flexibility index (Phi) is 6.38. The zero-order valence-electron chi connectivity index (χ0n) is 7.68. The molecule has 0 saturated carbocycles. The maximum absolute atomic E-state index is 10.4. The molecule has 0 heterocycles. The number of hydrogen-bond acceptors (Lipinski definition) is 2. The lowest BCUT2D eigenvalue weighted by Crippen LogP contribution is -2.29. The third-order valence-corrected chi connectivity index (χ3v) is 1.67. The van der Waals surface area contributed by atoms with E-state index in [9.17, 15) is 4.79 Å². The third kappa shape index (κ3) is 7.28. The first-order chi connectivity index (χ1) is 5.66. The number of hydrogen-bond donors (Lipinski definition) is 2. The predicted octanol–water partition coefficient (Wildman–Crippen LogP) is 0.806. The van der Waals surface area contributed by atoms with Crippen LogP contribution in [0.5, 0.6) is 0 Å². The minimum atomic E-state index is -0.251. The molecule has 3 nitrogen and oxygen atoms in total. The summed E-state index contributed by atoms with van der Waals surface area (Å²) < 4.78 is 0. The quantitative estimate of drug-likeness (QED) is 0.555. The van der Waals surface area contributed by atoms with E-state index in [1.54, 1.807) is 0 Å². The van der Waals surface area contributed by atoms with Crippen LogP contribution in [0, 0.1) is 0 Å². The van der Waals surface area contributed by atoms with Gasteiger partial charge in [0.2, 0.25) is 5.91 Å². The molecular formula is C9H18N2O. The number of nitrogens with one attached hydrogen (secondary N) is 1. The number of carbonyl (C=O) groups is 1. The van der Waals surface area contributed by atoms with Gasteiger partial charge in [0.05, 0.1) is 0 Å². The van der Waals surface area contributed by atoms with Crippen molar-refractivity contribution in [3.63, 3.8) is 0 Å². The Morgan fingerprint density at radius 3 is 2.92 bits per heavy atom. The highest BCUT2D eigenvalue weighted by Gasteiger charge is 1.99. The standard InChI is InChI=1S/C9H18N2O/c1-3-4-5-8(2)11-7-6-9(10)12/h3,8,11H,1,4-7H2,2H3,(H2,10,12). The molecule has 0 aromatic rings. The fourth-order valence-corrected chi connectivity index (χ4v) is 0.912. The summed E-state index contributed by atoms with van der Waals surface area (Å²) in [7, 11) is 0. The summed E-state index contributed by atoms with van der Waals surface area (Å²) in [5.41, 5.74) is 4.98. The van der Waals surface area contributed by atoms with Crippen molar-refractivity contribution in [3.05, 3.63) is 12.7 Å². The largest absolute Gasteiger partial charge is 0.370 e. The summed E-state index contributed by atoms with van der Waals surface area (Å²) in [5.74, 6) is -0.251. The van der Waals surface area contributed by atoms with Crippen LogP contribution in [-0.4, -0.2) is 18.5 Å². The van der Waals surface area contributed by atoms with Crippen LogP contribution in [0.2, 0.25) is 0 Å². The molecule has 0 aliphatic carbocycles. The van der Waals surface area contributed by atoms with Gasteiger partial charge in [-0.25, -0.2) is 0 Å². The monoisotopic (exact) mass is 170 g/mol. The van der Waals surface area contributed by atoms with E-state index >= 15 is 0 Å². The second-order valence-electron chi connectivity index (χ2n) is 2.94. The number of allylic oxidation sites excluding steroid dienone is 1. The molecule has 1 unspecified atom stereocenters. The van der Waals surface area contributed by atoms with E-state index in [0.717, 1.165) is 12.8 Å². The van der Waals surface area contributed by atoms with Crippen molar-refractivity contribution in [1.82, 2.24) is 5.32 Å². The number of nitrogens with two attached hydrogens (primary N) is 1. The smallest absolute Gasteiger partial charge is 0.218 e. The Balaban J connectivity index is 3.24. The molecule has 0 saturated heterocycles. The molecule has 0 aromatic carbocycles. The Bertz CT molecular complexity index is 145. The van der Waals surface area contributed by atoms with Crippen LogP contribution in [0.15, 0.2) is 12.7 Å². The topological polar surface area (TPSA) is 55.1 Å². The van der Waals surface area contributed by atoms with Gasteiger partial charge in [0.25, 0.3) is 0 Å². The zero-order chi connectivity index (χ0) is 9.40. The van der Waals surface area contributed by atoms with Crippen molar-refractivity contribution < 1.29 is 4.79 Å². The lowest BCUT2D eigenvalue weighted by molar-refractivity contribution is -0.117. The maximum atomic E-state index is 10.4. The van der Waals surface area contributed by atoms with Gasteiger partial charge in [-0.15, -0.1) is 6.58 Å². The molecule has 0 bridgehead atoms. The highest BCUT2D eigenvalue weighted by molar-refractivity contribution is 5.73. The van der Waals surface area contributed by atoms with Crippen molar-refractivity contribution in [2.24, 2.45) is 5.73 Å². The first-order valence-electron chi connectivity index (χ1n) is 4.29. The van der Waals surface area contributed by atoms with Gasteiger partial charge < -0.3 is 11.1 Å². The SMILES string of the molecule is C=CCCC(C)NCCC(N)=O. The van der Waals surface area contributed by atoms with Gasteiger partial charge in [-0.2, -0.15) is 0 Å². The van der Waals surface area contributed by atoms with Crippen molar-refractivity contribution in [1.29, 1.82) is 0 Å². The molecule has 0 aliphatic heterocycles. The maximum Gasteiger partial charge on any atom is 0.218 e. The molecule has 0 aromatic heterocycles. The number of carbonyl (C=O) groups excluding carboxylic acids is 1. The summed E-state index contributed by atoms with van der Waals surface area (Å²) in [6.45, 7) is 6.40. The summed E-state index contributed by atoms with van der Waals surface area (Å²) in [6, 6.07) is 0.433. The van der Waals surface area contributed by atoms with E-state index in [1.165, 1.54) is 0 Å². The highest BCUT2D eigenvalue weighted by atomic mass is 16.1. The van der Waals surface area contributed by atoms with Gasteiger partial charge >= 0.3 is 0 Å². The number of amides is 1. The van der Waals surface area contributed by atoms with Crippen LogP contribution in [-0.2, 0) is 4.79 Å². The van der Waals surface area contributed by atoms with Gasteiger partial charge in [0.1, 0.15) is 0 Å². The average molecular weight is 170 g/mol. The molecule has 0 rings (SSSR count). The van der Waals surface area contributed by atoms with E-state index < -0.39 is 0 Å². The van der Waals surface area contributed by atoms with Gasteiger partial charge in [-0.3, -0.25) is 4.79 Å². The minimum Gasteiger partial charge on any atom is -0.370 e. The van der Waals surface area contributed by atoms with E-state index in [-0.39, 0.29) is 5.91 Å². The molecule has 70 valence electrons. The first kappa shape index (κ1) is 11.2. The molecule has 0 fully saturated rings. The fraction of sp³-hybridized carbons (Fsp3) is 0.667. The van der Waals surface area contributed by atoms with Gasteiger partial charge in [0.15, 0.2) is 0 Å². The second kappa shape index (κ2) is 6.85. The summed E-state index contributed by atoms with van der Waals surface area (Å²) in [6.07, 6.45) is 4.37. The van der Waals surface area contributed by atoms with Crippen molar-refractivity contribution in [2.75, 3.05) is 6.54 Å². The van der Waals surface area contributed by atoms with E-state index in [1.807, 2.05) is 6.08 Å². The van der Waals surface area contributed by atoms with E-state index in [2.05, 4.69) is 18.8 Å². The lowest BCUT2D eigenvalue weighted by atomic mass is 10.2. The highest BCUT2D eigenvalue weighted by Crippen LogP contribution is 1.95. The molecule has 0 radical (unpaired) electrons. The number of primary amides is 1. The summed E-state index contributed by atoms with van der Waals surface area (Å²) in [5, 5.41) is 3.20. The molecular weight excluding hydrogens is 152 g/mol. The van der Waals surface area contributed by atoms with Gasteiger partial charge in [-0.1, -0.05) is 6.08 Å². The van der Waals surface area contributed by atoms with Crippen molar-refractivity contribution in [3.8, 4) is 0 Å². The van der Waals surface area contributed by atoms with Crippen LogP contribution in [0.3, 0.4) is 0 Å². The lowest BCUT2D eigenvalue weighted by Gasteiger charge is -2.11. The Morgan fingerprint density at radius 1 is 1.75 bits per heavy atom. The van der Waals surface area contributed by atoms with Crippen LogP contribution in [0.25, 0.3) is 0 Å². The third-order valence-electron chi connectivity index (χ3n) is 1.67. The van der Waals surface area contributed by atoms with Gasteiger partial charge in [0, 0.05) is 19.0 Å². The molecule has 3 N–H and O–H groups in total. The molecule has 0 spiro atoms. The Morgan fingerprint density at radius 2 is 2.42 bits per heavy atom. The average Bonchev–Trinajstić information content (AvgIpc) is 2.00. The van der Waals surface area contributed by atoms with Gasteiger partial charge in [-0.05, 0) is 19.8 Å². The fourth-order valence-electron chi connectivity index (χ4n) is 0.912. The molecule has 1 atom stereocenters. The van der Waals surface area contributed by atoms with E-state index in [0.29, 0.717) is 19.0 Å². The zero-order valence-corrected chi connectivity index (χ0v) is 7.68.